The molecule has 0 bridgehead atoms. The first-order chi connectivity index (χ1) is 13.5. The summed E-state index contributed by atoms with van der Waals surface area (Å²) in [5.74, 6) is 0.891. The van der Waals surface area contributed by atoms with E-state index in [4.69, 9.17) is 15.2 Å². The number of aromatic nitrogens is 4. The average molecular weight is 384 g/mol. The van der Waals surface area contributed by atoms with Crippen molar-refractivity contribution in [1.82, 2.24) is 25.3 Å². The van der Waals surface area contributed by atoms with Gasteiger partial charge in [-0.1, -0.05) is 13.0 Å². The third-order valence-corrected chi connectivity index (χ3v) is 3.56. The van der Waals surface area contributed by atoms with Gasteiger partial charge in [0.2, 0.25) is 5.88 Å². The summed E-state index contributed by atoms with van der Waals surface area (Å²) in [5, 5.41) is 2.68. The number of allylic oxidation sites excluding steroid dienone is 2. The normalized spacial score (nSPS) is 11.5. The fourth-order valence-corrected chi connectivity index (χ4v) is 2.28. The molecular weight excluding hydrogens is 360 g/mol. The average Bonchev–Trinajstić information content (AvgIpc) is 2.71. The summed E-state index contributed by atoms with van der Waals surface area (Å²) in [7, 11) is 1.51. The van der Waals surface area contributed by atoms with Gasteiger partial charge < -0.3 is 20.5 Å². The van der Waals surface area contributed by atoms with Crippen molar-refractivity contribution in [2.24, 2.45) is 0 Å². The van der Waals surface area contributed by atoms with Gasteiger partial charge in [0.05, 0.1) is 25.6 Å². The quantitative estimate of drug-likeness (QED) is 0.665. The van der Waals surface area contributed by atoms with E-state index in [2.05, 4.69) is 25.3 Å². The van der Waals surface area contributed by atoms with Gasteiger partial charge in [-0.25, -0.2) is 15.0 Å². The molecule has 0 aliphatic rings. The van der Waals surface area contributed by atoms with Crippen LogP contribution in [0, 0.1) is 6.92 Å². The summed E-state index contributed by atoms with van der Waals surface area (Å²) in [6.07, 6.45) is 7.48. The molecule has 0 fully saturated rings. The first-order valence-corrected chi connectivity index (χ1v) is 8.76. The minimum Gasteiger partial charge on any atom is -0.481 e. The Bertz CT molecular complexity index is 895. The van der Waals surface area contributed by atoms with Crippen LogP contribution in [0.1, 0.15) is 48.0 Å². The van der Waals surface area contributed by atoms with E-state index in [9.17, 15) is 4.79 Å². The zero-order valence-corrected chi connectivity index (χ0v) is 16.4. The molecule has 9 nitrogen and oxygen atoms in total. The van der Waals surface area contributed by atoms with Crippen molar-refractivity contribution in [1.29, 1.82) is 0 Å². The van der Waals surface area contributed by atoms with Crippen LogP contribution in [0.25, 0.3) is 5.76 Å². The fourth-order valence-electron chi connectivity index (χ4n) is 2.28. The fraction of sp³-hybridized carbons (Fsp3) is 0.316. The van der Waals surface area contributed by atoms with Gasteiger partial charge in [0.15, 0.2) is 17.3 Å². The summed E-state index contributed by atoms with van der Waals surface area (Å²) < 4.78 is 10.6. The highest BCUT2D eigenvalue weighted by Crippen LogP contribution is 2.21. The standard InChI is InChI=1S/C19H24N6O3/c1-5-7-13(28-10-6-2)16-12(3)23-17(18(20)25-16)19(26)22-11-14-21-9-8-15(24-14)27-4/h6-10H,5,11H2,1-4H3,(H2,20,25)(H,22,26)/b10-6-,13-7+. The molecule has 2 aromatic rings. The van der Waals surface area contributed by atoms with Crippen LogP contribution in [0.3, 0.4) is 0 Å². The highest BCUT2D eigenvalue weighted by molar-refractivity contribution is 5.96. The van der Waals surface area contributed by atoms with Crippen LogP contribution in [-0.2, 0) is 11.3 Å². The Labute approximate surface area is 163 Å². The molecule has 0 aliphatic carbocycles. The number of nitrogens with zero attached hydrogens (tertiary/aromatic N) is 4. The molecule has 28 heavy (non-hydrogen) atoms. The van der Waals surface area contributed by atoms with Gasteiger partial charge in [-0.05, 0) is 26.3 Å². The summed E-state index contributed by atoms with van der Waals surface area (Å²) in [5.41, 5.74) is 7.03. The molecule has 2 rings (SSSR count). The lowest BCUT2D eigenvalue weighted by molar-refractivity contribution is 0.0945. The summed E-state index contributed by atoms with van der Waals surface area (Å²) in [4.78, 5) is 29.3. The Kier molecular flexibility index (Phi) is 7.44. The zero-order valence-electron chi connectivity index (χ0n) is 16.4. The van der Waals surface area contributed by atoms with Crippen LogP contribution in [0.15, 0.2) is 30.7 Å². The minimum absolute atomic E-state index is 0.00995. The third-order valence-electron chi connectivity index (χ3n) is 3.56. The maximum atomic E-state index is 12.5. The Hall–Kier alpha value is -3.49. The molecule has 0 aromatic carbocycles. The largest absolute Gasteiger partial charge is 0.481 e. The van der Waals surface area contributed by atoms with Crippen LogP contribution in [-0.4, -0.2) is 33.0 Å². The Balaban J connectivity index is 2.20. The van der Waals surface area contributed by atoms with Crippen LogP contribution in [0.2, 0.25) is 0 Å². The van der Waals surface area contributed by atoms with Crippen molar-refractivity contribution in [3.63, 3.8) is 0 Å². The molecule has 2 heterocycles. The molecule has 0 unspecified atom stereocenters. The van der Waals surface area contributed by atoms with Gasteiger partial charge in [0.1, 0.15) is 11.5 Å². The van der Waals surface area contributed by atoms with Crippen LogP contribution in [0.4, 0.5) is 5.82 Å². The zero-order chi connectivity index (χ0) is 20.5. The van der Waals surface area contributed by atoms with Gasteiger partial charge >= 0.3 is 0 Å². The first kappa shape index (κ1) is 20.8. The minimum atomic E-state index is -0.471. The number of hydrogen-bond acceptors (Lipinski definition) is 8. The maximum absolute atomic E-state index is 12.5. The number of nitrogens with one attached hydrogen (secondary N) is 1. The lowest BCUT2D eigenvalue weighted by Crippen LogP contribution is -2.27. The predicted octanol–water partition coefficient (Wildman–Crippen LogP) is 2.40. The highest BCUT2D eigenvalue weighted by Gasteiger charge is 2.18. The van der Waals surface area contributed by atoms with E-state index >= 15 is 0 Å². The molecule has 0 spiro atoms. The number of ether oxygens (including phenoxy) is 2. The van der Waals surface area contributed by atoms with Gasteiger partial charge in [-0.15, -0.1) is 0 Å². The van der Waals surface area contributed by atoms with E-state index in [1.54, 1.807) is 31.5 Å². The molecule has 0 saturated heterocycles. The number of anilines is 1. The number of nitrogen functional groups attached to an aromatic ring is 1. The molecule has 0 atom stereocenters. The van der Waals surface area contributed by atoms with E-state index in [0.717, 1.165) is 6.42 Å². The summed E-state index contributed by atoms with van der Waals surface area (Å²) >= 11 is 0. The number of carbonyl (C=O) groups is 1. The van der Waals surface area contributed by atoms with Crippen LogP contribution >= 0.6 is 0 Å². The van der Waals surface area contributed by atoms with Gasteiger partial charge in [0, 0.05) is 12.3 Å². The monoisotopic (exact) mass is 384 g/mol. The van der Waals surface area contributed by atoms with Gasteiger partial charge in [-0.3, -0.25) is 4.79 Å². The second-order valence-electron chi connectivity index (χ2n) is 5.65. The first-order valence-electron chi connectivity index (χ1n) is 8.76. The van der Waals surface area contributed by atoms with Gasteiger partial charge in [0.25, 0.3) is 5.91 Å². The molecule has 3 N–H and O–H groups in total. The third kappa shape index (κ3) is 5.26. The highest BCUT2D eigenvalue weighted by atomic mass is 16.5. The molecule has 2 aromatic heterocycles. The predicted molar refractivity (Wildman–Crippen MR) is 105 cm³/mol. The molecule has 1 amide bonds. The number of aryl methyl sites for hydroxylation is 1. The smallest absolute Gasteiger partial charge is 0.274 e. The lowest BCUT2D eigenvalue weighted by atomic mass is 10.2. The second kappa shape index (κ2) is 10.0. The van der Waals surface area contributed by atoms with Crippen molar-refractivity contribution in [2.45, 2.75) is 33.7 Å². The summed E-state index contributed by atoms with van der Waals surface area (Å²) in [6.45, 7) is 5.67. The van der Waals surface area contributed by atoms with Crippen molar-refractivity contribution < 1.29 is 14.3 Å². The topological polar surface area (TPSA) is 125 Å². The number of methoxy groups -OCH3 is 1. The molecule has 0 aliphatic heterocycles. The van der Waals surface area contributed by atoms with Crippen LogP contribution in [0.5, 0.6) is 5.88 Å². The van der Waals surface area contributed by atoms with Crippen molar-refractivity contribution in [3.8, 4) is 5.88 Å². The number of rotatable bonds is 8. The number of carbonyl (C=O) groups excluding carboxylic acids is 1. The van der Waals surface area contributed by atoms with E-state index in [1.807, 2.05) is 19.9 Å². The second-order valence-corrected chi connectivity index (χ2v) is 5.65. The number of amides is 1. The van der Waals surface area contributed by atoms with Crippen molar-refractivity contribution in [2.75, 3.05) is 12.8 Å². The van der Waals surface area contributed by atoms with Crippen LogP contribution < -0.4 is 15.8 Å². The maximum Gasteiger partial charge on any atom is 0.274 e. The molecule has 0 saturated carbocycles. The summed E-state index contributed by atoms with van der Waals surface area (Å²) in [6, 6.07) is 1.62. The van der Waals surface area contributed by atoms with E-state index in [0.29, 0.717) is 28.9 Å². The molecule has 148 valence electrons. The SMILES string of the molecule is C/C=C\O/C(=C/CC)c1nc(N)c(C(=O)NCc2nccc(OC)n2)nc1C. The van der Waals surface area contributed by atoms with Gasteiger partial charge in [-0.2, -0.15) is 4.98 Å². The molecular formula is C19H24N6O3. The number of nitrogens with two attached hydrogens (primary N) is 1. The van der Waals surface area contributed by atoms with Crippen molar-refractivity contribution in [3.05, 3.63) is 53.6 Å². The van der Waals surface area contributed by atoms with E-state index in [-0.39, 0.29) is 18.1 Å². The number of hydrogen-bond donors (Lipinski definition) is 2. The van der Waals surface area contributed by atoms with E-state index in [1.165, 1.54) is 7.11 Å². The molecule has 9 heteroatoms. The van der Waals surface area contributed by atoms with E-state index < -0.39 is 5.91 Å². The Morgan fingerprint density at radius 2 is 2.07 bits per heavy atom. The Morgan fingerprint density at radius 3 is 2.75 bits per heavy atom. The molecule has 0 radical (unpaired) electrons. The lowest BCUT2D eigenvalue weighted by Gasteiger charge is -2.12. The van der Waals surface area contributed by atoms with Crippen molar-refractivity contribution >= 4 is 17.5 Å². The Morgan fingerprint density at radius 1 is 1.29 bits per heavy atom.